The number of nitrogens with one attached hydrogen (secondary N) is 3. The Morgan fingerprint density at radius 2 is 1.85 bits per heavy atom. The fourth-order valence-electron chi connectivity index (χ4n) is 1.90. The van der Waals surface area contributed by atoms with Gasteiger partial charge in [0.1, 0.15) is 0 Å². The third-order valence-electron chi connectivity index (χ3n) is 3.68. The number of nitrogens with two attached hydrogens (primary N) is 1. The first kappa shape index (κ1) is 21.4. The molecule has 144 valence electrons. The van der Waals surface area contributed by atoms with Crippen LogP contribution in [-0.2, 0) is 15.2 Å². The molecule has 5 N–H and O–H groups in total. The number of halogens is 1. The summed E-state index contributed by atoms with van der Waals surface area (Å²) < 4.78 is 35.2. The van der Waals surface area contributed by atoms with Gasteiger partial charge in [-0.3, -0.25) is 14.3 Å². The number of hydrogen-bond acceptors (Lipinski definition) is 5. The minimum absolute atomic E-state index is 0.0157. The Kier molecular flexibility index (Phi) is 7.56. The first-order chi connectivity index (χ1) is 12.0. The van der Waals surface area contributed by atoms with Gasteiger partial charge in [-0.2, -0.15) is 8.42 Å². The standard InChI is InChI=1S/C16H23FN4O4S/c1-4-10(2)15(22)20-14(11(3)18)9-19-16(23)12-5-7-13(8-6-12)21-26(17,24)25/h5-8,10,14,21H,3-4,9,18H2,1-2H3,(H,19,23)(H,20,22). The SMILES string of the molecule is C=C(N)C(CNC(=O)c1ccc(NS(=O)(=O)F)cc1)NC(=O)C(C)CC. The summed E-state index contributed by atoms with van der Waals surface area (Å²) in [7, 11) is -4.88. The van der Waals surface area contributed by atoms with E-state index in [0.29, 0.717) is 6.42 Å². The summed E-state index contributed by atoms with van der Waals surface area (Å²) in [6.07, 6.45) is 0.664. The summed E-state index contributed by atoms with van der Waals surface area (Å²) in [5, 5.41) is 5.32. The summed E-state index contributed by atoms with van der Waals surface area (Å²) in [5.41, 5.74) is 6.08. The van der Waals surface area contributed by atoms with Crippen LogP contribution < -0.4 is 21.1 Å². The molecule has 0 aliphatic rings. The van der Waals surface area contributed by atoms with Crippen LogP contribution in [-0.4, -0.2) is 32.8 Å². The predicted molar refractivity (Wildman–Crippen MR) is 97.1 cm³/mol. The smallest absolute Gasteiger partial charge is 0.396 e. The van der Waals surface area contributed by atoms with E-state index in [0.717, 1.165) is 0 Å². The molecule has 0 saturated heterocycles. The topological polar surface area (TPSA) is 130 Å². The van der Waals surface area contributed by atoms with Crippen LogP contribution in [0, 0.1) is 5.92 Å². The summed E-state index contributed by atoms with van der Waals surface area (Å²) >= 11 is 0. The highest BCUT2D eigenvalue weighted by molar-refractivity contribution is 7.87. The molecule has 0 radical (unpaired) electrons. The zero-order valence-electron chi connectivity index (χ0n) is 14.6. The van der Waals surface area contributed by atoms with Crippen molar-refractivity contribution >= 4 is 27.9 Å². The Labute approximate surface area is 152 Å². The van der Waals surface area contributed by atoms with Gasteiger partial charge in [0.15, 0.2) is 0 Å². The fraction of sp³-hybridized carbons (Fsp3) is 0.375. The number of carbonyl (C=O) groups excluding carboxylic acids is 2. The molecule has 0 aromatic heterocycles. The van der Waals surface area contributed by atoms with Crippen molar-refractivity contribution in [3.63, 3.8) is 0 Å². The van der Waals surface area contributed by atoms with Crippen molar-refractivity contribution in [1.29, 1.82) is 0 Å². The molecule has 0 heterocycles. The van der Waals surface area contributed by atoms with E-state index in [9.17, 15) is 21.9 Å². The lowest BCUT2D eigenvalue weighted by molar-refractivity contribution is -0.125. The molecule has 0 aliphatic heterocycles. The maximum Gasteiger partial charge on any atom is 0.396 e. The van der Waals surface area contributed by atoms with Crippen molar-refractivity contribution in [3.05, 3.63) is 42.1 Å². The molecule has 0 fully saturated rings. The number of carbonyl (C=O) groups is 2. The van der Waals surface area contributed by atoms with Crippen molar-refractivity contribution in [1.82, 2.24) is 10.6 Å². The van der Waals surface area contributed by atoms with E-state index in [1.165, 1.54) is 24.3 Å². The van der Waals surface area contributed by atoms with E-state index in [2.05, 4.69) is 17.2 Å². The van der Waals surface area contributed by atoms with Crippen molar-refractivity contribution < 1.29 is 21.9 Å². The Hall–Kier alpha value is -2.62. The van der Waals surface area contributed by atoms with Crippen LogP contribution in [0.4, 0.5) is 9.57 Å². The molecule has 8 nitrogen and oxygen atoms in total. The maximum atomic E-state index is 12.5. The van der Waals surface area contributed by atoms with Crippen molar-refractivity contribution in [2.24, 2.45) is 11.7 Å². The molecule has 10 heteroatoms. The molecule has 1 rings (SSSR count). The average molecular weight is 386 g/mol. The quantitative estimate of drug-likeness (QED) is 0.471. The number of rotatable bonds is 9. The first-order valence-electron chi connectivity index (χ1n) is 7.88. The van der Waals surface area contributed by atoms with Gasteiger partial charge < -0.3 is 16.4 Å². The number of anilines is 1. The number of amides is 2. The predicted octanol–water partition coefficient (Wildman–Crippen LogP) is 1.05. The van der Waals surface area contributed by atoms with Gasteiger partial charge in [0, 0.05) is 23.7 Å². The van der Waals surface area contributed by atoms with Crippen LogP contribution in [0.15, 0.2) is 36.5 Å². The summed E-state index contributed by atoms with van der Waals surface area (Å²) in [6, 6.07) is 4.52. The molecule has 2 atom stereocenters. The van der Waals surface area contributed by atoms with Crippen LogP contribution in [0.2, 0.25) is 0 Å². The highest BCUT2D eigenvalue weighted by Crippen LogP contribution is 2.12. The Bertz CT molecular complexity index is 765. The van der Waals surface area contributed by atoms with E-state index < -0.39 is 22.4 Å². The van der Waals surface area contributed by atoms with Gasteiger partial charge >= 0.3 is 10.4 Å². The molecule has 26 heavy (non-hydrogen) atoms. The summed E-state index contributed by atoms with van der Waals surface area (Å²) in [5.74, 6) is -0.857. The number of hydrogen-bond donors (Lipinski definition) is 4. The molecule has 2 amide bonds. The van der Waals surface area contributed by atoms with Crippen LogP contribution in [0.25, 0.3) is 0 Å². The number of benzene rings is 1. The van der Waals surface area contributed by atoms with Crippen LogP contribution in [0.3, 0.4) is 0 Å². The average Bonchev–Trinajstić information content (AvgIpc) is 2.56. The minimum Gasteiger partial charge on any atom is -0.401 e. The first-order valence-corrected chi connectivity index (χ1v) is 9.27. The molecule has 1 aromatic rings. The largest absolute Gasteiger partial charge is 0.401 e. The van der Waals surface area contributed by atoms with Crippen LogP contribution in [0.1, 0.15) is 30.6 Å². The van der Waals surface area contributed by atoms with Gasteiger partial charge in [-0.1, -0.05) is 24.3 Å². The molecular formula is C16H23FN4O4S. The van der Waals surface area contributed by atoms with E-state index in [1.54, 1.807) is 11.6 Å². The van der Waals surface area contributed by atoms with Gasteiger partial charge in [0.2, 0.25) is 5.91 Å². The molecular weight excluding hydrogens is 363 g/mol. The van der Waals surface area contributed by atoms with E-state index >= 15 is 0 Å². The highest BCUT2D eigenvalue weighted by atomic mass is 32.3. The Morgan fingerprint density at radius 1 is 1.27 bits per heavy atom. The van der Waals surface area contributed by atoms with Gasteiger partial charge in [-0.05, 0) is 30.7 Å². The lowest BCUT2D eigenvalue weighted by Crippen LogP contribution is -2.47. The fourth-order valence-corrected chi connectivity index (χ4v) is 2.32. The summed E-state index contributed by atoms with van der Waals surface area (Å²) in [4.78, 5) is 24.1. The molecule has 0 aliphatic carbocycles. The van der Waals surface area contributed by atoms with E-state index in [-0.39, 0.29) is 35.3 Å². The second kappa shape index (κ2) is 9.18. The lowest BCUT2D eigenvalue weighted by Gasteiger charge is -2.21. The minimum atomic E-state index is -4.88. The van der Waals surface area contributed by atoms with Gasteiger partial charge in [0.05, 0.1) is 11.7 Å². The Morgan fingerprint density at radius 3 is 2.31 bits per heavy atom. The van der Waals surface area contributed by atoms with E-state index in [1.807, 2.05) is 6.92 Å². The zero-order valence-corrected chi connectivity index (χ0v) is 15.4. The molecule has 0 bridgehead atoms. The van der Waals surface area contributed by atoms with Crippen LogP contribution >= 0.6 is 0 Å². The lowest BCUT2D eigenvalue weighted by atomic mass is 10.1. The second-order valence-corrected chi connectivity index (χ2v) is 6.85. The molecule has 0 spiro atoms. The molecule has 2 unspecified atom stereocenters. The van der Waals surface area contributed by atoms with Crippen molar-refractivity contribution in [2.45, 2.75) is 26.3 Å². The summed E-state index contributed by atoms with van der Waals surface area (Å²) in [6.45, 7) is 7.29. The Balaban J connectivity index is 2.68. The van der Waals surface area contributed by atoms with Crippen molar-refractivity contribution in [2.75, 3.05) is 11.3 Å². The van der Waals surface area contributed by atoms with Gasteiger partial charge in [-0.25, -0.2) is 0 Å². The third-order valence-corrected chi connectivity index (χ3v) is 4.16. The second-order valence-electron chi connectivity index (χ2n) is 5.77. The molecule has 0 saturated carbocycles. The van der Waals surface area contributed by atoms with E-state index in [4.69, 9.17) is 5.73 Å². The highest BCUT2D eigenvalue weighted by Gasteiger charge is 2.18. The van der Waals surface area contributed by atoms with Crippen molar-refractivity contribution in [3.8, 4) is 0 Å². The maximum absolute atomic E-state index is 12.5. The monoisotopic (exact) mass is 386 g/mol. The molecule has 1 aromatic carbocycles. The van der Waals surface area contributed by atoms with Crippen LogP contribution in [0.5, 0.6) is 0 Å². The van der Waals surface area contributed by atoms with Gasteiger partial charge in [-0.15, -0.1) is 0 Å². The zero-order chi connectivity index (χ0) is 19.9. The van der Waals surface area contributed by atoms with Gasteiger partial charge in [0.25, 0.3) is 5.91 Å². The third kappa shape index (κ3) is 7.09. The normalized spacial score (nSPS) is 13.3.